The summed E-state index contributed by atoms with van der Waals surface area (Å²) >= 11 is 3.27. The van der Waals surface area contributed by atoms with Gasteiger partial charge >= 0.3 is 0 Å². The molecular weight excluding hydrogens is 360 g/mol. The molecule has 0 aliphatic carbocycles. The fourth-order valence-electron chi connectivity index (χ4n) is 2.12. The van der Waals surface area contributed by atoms with E-state index in [1.165, 1.54) is 0 Å². The van der Waals surface area contributed by atoms with Gasteiger partial charge < -0.3 is 10.6 Å². The van der Waals surface area contributed by atoms with Crippen molar-refractivity contribution in [3.8, 4) is 0 Å². The molecule has 1 saturated heterocycles. The van der Waals surface area contributed by atoms with Gasteiger partial charge in [-0.1, -0.05) is 22.0 Å². The van der Waals surface area contributed by atoms with Crippen LogP contribution in [0.3, 0.4) is 0 Å². The van der Waals surface area contributed by atoms with Gasteiger partial charge in [0.25, 0.3) is 11.8 Å². The van der Waals surface area contributed by atoms with E-state index in [0.29, 0.717) is 5.56 Å². The zero-order valence-corrected chi connectivity index (χ0v) is 13.3. The molecule has 8 heteroatoms. The molecule has 1 aromatic rings. The Bertz CT molecular complexity index is 569. The number of carbonyl (C=O) groups is 2. The van der Waals surface area contributed by atoms with E-state index in [2.05, 4.69) is 31.9 Å². The lowest BCUT2D eigenvalue weighted by molar-refractivity contribution is -0.123. The van der Waals surface area contributed by atoms with Crippen molar-refractivity contribution in [3.05, 3.63) is 34.3 Å². The predicted molar refractivity (Wildman–Crippen MR) is 80.8 cm³/mol. The highest BCUT2D eigenvalue weighted by Gasteiger charge is 2.42. The second-order valence-corrected chi connectivity index (χ2v) is 5.97. The predicted octanol–water partition coefficient (Wildman–Crippen LogP) is 1.29. The van der Waals surface area contributed by atoms with Gasteiger partial charge in [-0.15, -0.1) is 0 Å². The van der Waals surface area contributed by atoms with Gasteiger partial charge in [0.2, 0.25) is 5.91 Å². The largest absolute Gasteiger partial charge is 0.353 e. The fraction of sp³-hybridized carbons (Fsp3) is 0.429. The number of alkyl halides is 2. The number of benzene rings is 1. The van der Waals surface area contributed by atoms with E-state index in [1.807, 2.05) is 0 Å². The van der Waals surface area contributed by atoms with Crippen LogP contribution in [0.2, 0.25) is 0 Å². The molecule has 0 saturated carbocycles. The molecule has 22 heavy (non-hydrogen) atoms. The zero-order valence-electron chi connectivity index (χ0n) is 11.7. The van der Waals surface area contributed by atoms with Crippen LogP contribution in [0.15, 0.2) is 28.7 Å². The van der Waals surface area contributed by atoms with Gasteiger partial charge in [0.05, 0.1) is 12.6 Å². The van der Waals surface area contributed by atoms with Gasteiger partial charge in [0.1, 0.15) is 0 Å². The first-order valence-electron chi connectivity index (χ1n) is 6.80. The van der Waals surface area contributed by atoms with Crippen LogP contribution in [-0.4, -0.2) is 43.4 Å². The SMILES string of the molecule is O=C(NCCNC(=O)C1CC(F)(F)CN1)c1cccc(Br)c1. The molecule has 5 nitrogen and oxygen atoms in total. The van der Waals surface area contributed by atoms with E-state index in [4.69, 9.17) is 0 Å². The molecule has 120 valence electrons. The standard InChI is InChI=1S/C14H16BrF2N3O2/c15-10-3-1-2-9(6-10)12(21)18-4-5-19-13(22)11-7-14(16,17)8-20-11/h1-3,6,11,20H,4-5,7-8H2,(H,18,21)(H,19,22). The molecule has 3 N–H and O–H groups in total. The van der Waals surface area contributed by atoms with Crippen LogP contribution in [0, 0.1) is 0 Å². The van der Waals surface area contributed by atoms with Crippen molar-refractivity contribution in [1.29, 1.82) is 0 Å². The third-order valence-electron chi connectivity index (χ3n) is 3.22. The van der Waals surface area contributed by atoms with E-state index in [-0.39, 0.29) is 19.0 Å². The highest BCUT2D eigenvalue weighted by molar-refractivity contribution is 9.10. The molecule has 1 atom stereocenters. The monoisotopic (exact) mass is 375 g/mol. The number of hydrogen-bond donors (Lipinski definition) is 3. The number of carbonyl (C=O) groups excluding carboxylic acids is 2. The smallest absolute Gasteiger partial charge is 0.262 e. The Kier molecular flexibility index (Phi) is 5.47. The van der Waals surface area contributed by atoms with E-state index in [0.717, 1.165) is 4.47 Å². The van der Waals surface area contributed by atoms with E-state index in [1.54, 1.807) is 24.3 Å². The molecule has 1 aliphatic heterocycles. The summed E-state index contributed by atoms with van der Waals surface area (Å²) in [6, 6.07) is 6.02. The van der Waals surface area contributed by atoms with Crippen LogP contribution in [-0.2, 0) is 4.79 Å². The molecule has 2 amide bonds. The van der Waals surface area contributed by atoms with Gasteiger partial charge in [-0.2, -0.15) is 0 Å². The van der Waals surface area contributed by atoms with Crippen molar-refractivity contribution in [2.24, 2.45) is 0 Å². The van der Waals surface area contributed by atoms with E-state index >= 15 is 0 Å². The molecule has 0 radical (unpaired) electrons. The third kappa shape index (κ3) is 4.74. The van der Waals surface area contributed by atoms with Crippen LogP contribution in [0.1, 0.15) is 16.8 Å². The van der Waals surface area contributed by atoms with Crippen molar-refractivity contribution in [2.45, 2.75) is 18.4 Å². The summed E-state index contributed by atoms with van der Waals surface area (Å²) in [5, 5.41) is 7.64. The maximum atomic E-state index is 13.0. The summed E-state index contributed by atoms with van der Waals surface area (Å²) in [5.41, 5.74) is 0.498. The Labute approximate surface area is 135 Å². The second kappa shape index (κ2) is 7.15. The van der Waals surface area contributed by atoms with Gasteiger partial charge in [-0.05, 0) is 18.2 Å². The van der Waals surface area contributed by atoms with Gasteiger partial charge in [-0.25, -0.2) is 8.78 Å². The maximum Gasteiger partial charge on any atom is 0.262 e. The number of rotatable bonds is 5. The minimum Gasteiger partial charge on any atom is -0.353 e. The lowest BCUT2D eigenvalue weighted by Crippen LogP contribution is -2.43. The summed E-state index contributed by atoms with van der Waals surface area (Å²) in [7, 11) is 0. The number of amides is 2. The summed E-state index contributed by atoms with van der Waals surface area (Å²) in [4.78, 5) is 23.5. The summed E-state index contributed by atoms with van der Waals surface area (Å²) < 4.78 is 26.7. The lowest BCUT2D eigenvalue weighted by atomic mass is 10.2. The van der Waals surface area contributed by atoms with E-state index in [9.17, 15) is 18.4 Å². The highest BCUT2D eigenvalue weighted by atomic mass is 79.9. The average Bonchev–Trinajstić information content (AvgIpc) is 2.83. The minimum atomic E-state index is -2.84. The molecular formula is C14H16BrF2N3O2. The van der Waals surface area contributed by atoms with Crippen molar-refractivity contribution in [3.63, 3.8) is 0 Å². The third-order valence-corrected chi connectivity index (χ3v) is 3.72. The molecule has 0 spiro atoms. The van der Waals surface area contributed by atoms with Crippen LogP contribution in [0.4, 0.5) is 8.78 Å². The Morgan fingerprint density at radius 2 is 2.05 bits per heavy atom. The first kappa shape index (κ1) is 16.8. The summed E-state index contributed by atoms with van der Waals surface area (Å²) in [6.45, 7) is -0.0762. The van der Waals surface area contributed by atoms with Crippen LogP contribution in [0.5, 0.6) is 0 Å². The quantitative estimate of drug-likeness (QED) is 0.679. The van der Waals surface area contributed by atoms with Crippen LogP contribution in [0.25, 0.3) is 0 Å². The van der Waals surface area contributed by atoms with Crippen molar-refractivity contribution in [2.75, 3.05) is 19.6 Å². The van der Waals surface area contributed by atoms with Gasteiger partial charge in [-0.3, -0.25) is 14.9 Å². The average molecular weight is 376 g/mol. The first-order chi connectivity index (χ1) is 10.4. The Morgan fingerprint density at radius 3 is 2.68 bits per heavy atom. The normalized spacial score (nSPS) is 19.7. The molecule has 0 bridgehead atoms. The lowest BCUT2D eigenvalue weighted by Gasteiger charge is -2.11. The van der Waals surface area contributed by atoms with Crippen LogP contribution >= 0.6 is 15.9 Å². The molecule has 1 aliphatic rings. The second-order valence-electron chi connectivity index (χ2n) is 5.05. The minimum absolute atomic E-state index is 0.183. The number of halogens is 3. The van der Waals surface area contributed by atoms with Gasteiger partial charge in [0.15, 0.2) is 0 Å². The topological polar surface area (TPSA) is 70.2 Å². The van der Waals surface area contributed by atoms with Crippen LogP contribution < -0.4 is 16.0 Å². The Balaban J connectivity index is 1.69. The molecule has 1 aromatic carbocycles. The Morgan fingerprint density at radius 1 is 1.32 bits per heavy atom. The highest BCUT2D eigenvalue weighted by Crippen LogP contribution is 2.24. The molecule has 1 heterocycles. The molecule has 1 fully saturated rings. The summed E-state index contributed by atoms with van der Waals surface area (Å²) in [6.07, 6.45) is -0.497. The Hall–Kier alpha value is -1.54. The molecule has 1 unspecified atom stereocenters. The van der Waals surface area contributed by atoms with Gasteiger partial charge in [0, 0.05) is 29.5 Å². The molecule has 0 aromatic heterocycles. The number of hydrogen-bond acceptors (Lipinski definition) is 3. The maximum absolute atomic E-state index is 13.0. The number of nitrogens with one attached hydrogen (secondary N) is 3. The molecule has 2 rings (SSSR count). The van der Waals surface area contributed by atoms with Crippen molar-refractivity contribution >= 4 is 27.7 Å². The van der Waals surface area contributed by atoms with Crippen molar-refractivity contribution < 1.29 is 18.4 Å². The first-order valence-corrected chi connectivity index (χ1v) is 7.59. The van der Waals surface area contributed by atoms with Crippen molar-refractivity contribution in [1.82, 2.24) is 16.0 Å². The fourth-order valence-corrected chi connectivity index (χ4v) is 2.52. The summed E-state index contributed by atoms with van der Waals surface area (Å²) in [5.74, 6) is -3.58. The van der Waals surface area contributed by atoms with E-state index < -0.39 is 30.8 Å². The zero-order chi connectivity index (χ0) is 16.2.